The van der Waals surface area contributed by atoms with E-state index in [0.717, 1.165) is 0 Å². The summed E-state index contributed by atoms with van der Waals surface area (Å²) in [5.41, 5.74) is -0.302. The predicted molar refractivity (Wildman–Crippen MR) is 54.9 cm³/mol. The number of hydrogen-bond donors (Lipinski definition) is 2. The third kappa shape index (κ3) is 2.81. The van der Waals surface area contributed by atoms with Crippen molar-refractivity contribution in [3.63, 3.8) is 0 Å². The molecular weight excluding hydrogens is 212 g/mol. The van der Waals surface area contributed by atoms with E-state index in [1.807, 2.05) is 13.8 Å². The van der Waals surface area contributed by atoms with Crippen LogP contribution in [0.15, 0.2) is 0 Å². The monoisotopic (exact) mass is 228 g/mol. The zero-order valence-corrected chi connectivity index (χ0v) is 9.40. The van der Waals surface area contributed by atoms with Crippen LogP contribution in [0.1, 0.15) is 33.1 Å². The maximum absolute atomic E-state index is 11.5. The van der Waals surface area contributed by atoms with Crippen LogP contribution in [0.5, 0.6) is 0 Å². The molecule has 1 rings (SSSR count). The van der Waals surface area contributed by atoms with Gasteiger partial charge in [0.25, 0.3) is 0 Å². The van der Waals surface area contributed by atoms with Gasteiger partial charge in [-0.15, -0.1) is 0 Å². The van der Waals surface area contributed by atoms with Crippen LogP contribution in [0.2, 0.25) is 0 Å². The first-order valence-electron chi connectivity index (χ1n) is 5.20. The van der Waals surface area contributed by atoms with E-state index >= 15 is 0 Å². The summed E-state index contributed by atoms with van der Waals surface area (Å²) in [6.07, 6.45) is 0.921. The van der Waals surface area contributed by atoms with Crippen LogP contribution in [0, 0.1) is 17.3 Å². The van der Waals surface area contributed by atoms with Crippen molar-refractivity contribution >= 4 is 17.7 Å². The Morgan fingerprint density at radius 1 is 1.31 bits per heavy atom. The Morgan fingerprint density at radius 2 is 1.81 bits per heavy atom. The highest BCUT2D eigenvalue weighted by Crippen LogP contribution is 2.40. The topological polar surface area (TPSA) is 91.7 Å². The molecule has 0 aromatic carbocycles. The molecule has 2 N–H and O–H groups in total. The fourth-order valence-corrected chi connectivity index (χ4v) is 2.50. The fourth-order valence-electron chi connectivity index (χ4n) is 2.50. The van der Waals surface area contributed by atoms with Gasteiger partial charge in [-0.1, -0.05) is 13.8 Å². The second-order valence-electron chi connectivity index (χ2n) is 5.20. The first-order chi connectivity index (χ1) is 7.23. The van der Waals surface area contributed by atoms with Crippen LogP contribution < -0.4 is 0 Å². The molecule has 0 radical (unpaired) electrons. The van der Waals surface area contributed by atoms with Crippen molar-refractivity contribution in [2.24, 2.45) is 17.3 Å². The summed E-state index contributed by atoms with van der Waals surface area (Å²) in [6, 6.07) is 0. The van der Waals surface area contributed by atoms with Gasteiger partial charge in [0.15, 0.2) is 5.92 Å². The highest BCUT2D eigenvalue weighted by Gasteiger charge is 2.42. The third-order valence-electron chi connectivity index (χ3n) is 2.98. The minimum atomic E-state index is -1.47. The SMILES string of the molecule is CC1(C)CC(=O)C[C@@H](C(C(=O)O)C(=O)O)C1. The number of hydrogen-bond acceptors (Lipinski definition) is 3. The molecular formula is C11H16O5. The molecule has 0 aliphatic heterocycles. The molecule has 0 saturated heterocycles. The number of ketones is 1. The lowest BCUT2D eigenvalue weighted by Gasteiger charge is -2.35. The molecule has 0 spiro atoms. The van der Waals surface area contributed by atoms with E-state index in [9.17, 15) is 14.4 Å². The minimum absolute atomic E-state index is 0.0475. The molecule has 90 valence electrons. The van der Waals surface area contributed by atoms with Gasteiger partial charge in [-0.05, 0) is 17.8 Å². The Labute approximate surface area is 93.5 Å². The summed E-state index contributed by atoms with van der Waals surface area (Å²) in [5.74, 6) is -4.82. The van der Waals surface area contributed by atoms with Crippen LogP contribution in [0.4, 0.5) is 0 Å². The summed E-state index contributed by atoms with van der Waals surface area (Å²) in [6.45, 7) is 3.72. The van der Waals surface area contributed by atoms with Crippen LogP contribution >= 0.6 is 0 Å². The molecule has 0 bridgehead atoms. The Hall–Kier alpha value is -1.39. The van der Waals surface area contributed by atoms with E-state index in [-0.39, 0.29) is 17.6 Å². The van der Waals surface area contributed by atoms with Gasteiger partial charge in [-0.25, -0.2) is 0 Å². The molecule has 1 fully saturated rings. The molecule has 5 nitrogen and oxygen atoms in total. The van der Waals surface area contributed by atoms with Crippen molar-refractivity contribution in [2.75, 3.05) is 0 Å². The van der Waals surface area contributed by atoms with Gasteiger partial charge >= 0.3 is 11.9 Å². The van der Waals surface area contributed by atoms with Crippen LogP contribution in [-0.4, -0.2) is 27.9 Å². The van der Waals surface area contributed by atoms with Crippen molar-refractivity contribution < 1.29 is 24.6 Å². The molecule has 0 aromatic heterocycles. The molecule has 1 saturated carbocycles. The van der Waals surface area contributed by atoms with E-state index < -0.39 is 23.8 Å². The summed E-state index contributed by atoms with van der Waals surface area (Å²) >= 11 is 0. The van der Waals surface area contributed by atoms with E-state index in [0.29, 0.717) is 12.8 Å². The van der Waals surface area contributed by atoms with E-state index in [2.05, 4.69) is 0 Å². The van der Waals surface area contributed by atoms with Gasteiger partial charge in [0.05, 0.1) is 0 Å². The fraction of sp³-hybridized carbons (Fsp3) is 0.727. The number of carboxylic acids is 2. The first-order valence-corrected chi connectivity index (χ1v) is 5.20. The predicted octanol–water partition coefficient (Wildman–Crippen LogP) is 1.17. The van der Waals surface area contributed by atoms with Crippen LogP contribution in [-0.2, 0) is 14.4 Å². The molecule has 1 aliphatic rings. The highest BCUT2D eigenvalue weighted by molar-refractivity contribution is 5.94. The van der Waals surface area contributed by atoms with E-state index in [1.165, 1.54) is 0 Å². The molecule has 1 aliphatic carbocycles. The zero-order chi connectivity index (χ0) is 12.5. The Morgan fingerprint density at radius 3 is 2.19 bits per heavy atom. The van der Waals surface area contributed by atoms with E-state index in [1.54, 1.807) is 0 Å². The molecule has 1 atom stereocenters. The normalized spacial score (nSPS) is 24.4. The molecule has 5 heteroatoms. The maximum atomic E-state index is 11.5. The standard InChI is InChI=1S/C11H16O5/c1-11(2)4-6(3-7(12)5-11)8(9(13)14)10(15)16/h6,8H,3-5H2,1-2H3,(H,13,14)(H,15,16)/t6-/m1/s1. The zero-order valence-electron chi connectivity index (χ0n) is 9.40. The van der Waals surface area contributed by atoms with Gasteiger partial charge in [0, 0.05) is 12.8 Å². The van der Waals surface area contributed by atoms with Crippen LogP contribution in [0.25, 0.3) is 0 Å². The average Bonchev–Trinajstić information content (AvgIpc) is 1.96. The molecule has 0 aromatic rings. The van der Waals surface area contributed by atoms with E-state index in [4.69, 9.17) is 10.2 Å². The summed E-state index contributed by atoms with van der Waals surface area (Å²) in [5, 5.41) is 17.7. The van der Waals surface area contributed by atoms with Crippen LogP contribution in [0.3, 0.4) is 0 Å². The van der Waals surface area contributed by atoms with Gasteiger partial charge in [0.2, 0.25) is 0 Å². The maximum Gasteiger partial charge on any atom is 0.318 e. The largest absolute Gasteiger partial charge is 0.481 e. The quantitative estimate of drug-likeness (QED) is 0.707. The Kier molecular flexibility index (Phi) is 3.35. The average molecular weight is 228 g/mol. The number of aliphatic carboxylic acids is 2. The number of Topliss-reactive ketones (excluding diaryl/α,β-unsaturated/α-hetero) is 1. The molecule has 0 amide bonds. The number of carbonyl (C=O) groups is 3. The summed E-state index contributed by atoms with van der Waals surface area (Å²) in [7, 11) is 0. The highest BCUT2D eigenvalue weighted by atomic mass is 16.4. The van der Waals surface area contributed by atoms with Crippen molar-refractivity contribution in [3.8, 4) is 0 Å². The van der Waals surface area contributed by atoms with Gasteiger partial charge in [0.1, 0.15) is 5.78 Å². The van der Waals surface area contributed by atoms with Crippen molar-refractivity contribution in [2.45, 2.75) is 33.1 Å². The Balaban J connectivity index is 2.89. The van der Waals surface area contributed by atoms with Crippen molar-refractivity contribution in [1.82, 2.24) is 0 Å². The lowest BCUT2D eigenvalue weighted by molar-refractivity contribution is -0.158. The molecule has 16 heavy (non-hydrogen) atoms. The minimum Gasteiger partial charge on any atom is -0.481 e. The first kappa shape index (κ1) is 12.7. The summed E-state index contributed by atoms with van der Waals surface area (Å²) < 4.78 is 0. The van der Waals surface area contributed by atoms with Gasteiger partial charge in [-0.3, -0.25) is 14.4 Å². The lowest BCUT2D eigenvalue weighted by atomic mass is 9.68. The Bertz CT molecular complexity index is 317. The summed E-state index contributed by atoms with van der Waals surface area (Å²) in [4.78, 5) is 33.2. The second kappa shape index (κ2) is 4.23. The van der Waals surface area contributed by atoms with Gasteiger partial charge in [-0.2, -0.15) is 0 Å². The number of carbonyl (C=O) groups excluding carboxylic acids is 1. The third-order valence-corrected chi connectivity index (χ3v) is 2.98. The number of rotatable bonds is 3. The van der Waals surface area contributed by atoms with Gasteiger partial charge < -0.3 is 10.2 Å². The lowest BCUT2D eigenvalue weighted by Crippen LogP contribution is -2.39. The number of carboxylic acid groups (broad SMARTS) is 2. The molecule has 0 heterocycles. The molecule has 0 unspecified atom stereocenters. The smallest absolute Gasteiger partial charge is 0.318 e. The second-order valence-corrected chi connectivity index (χ2v) is 5.20. The van der Waals surface area contributed by atoms with Crippen molar-refractivity contribution in [3.05, 3.63) is 0 Å². The van der Waals surface area contributed by atoms with Crippen molar-refractivity contribution in [1.29, 1.82) is 0 Å².